The van der Waals surface area contributed by atoms with Gasteiger partial charge in [-0.2, -0.15) is 0 Å². The monoisotopic (exact) mass is 768 g/mol. The van der Waals surface area contributed by atoms with Crippen LogP contribution in [-0.2, 0) is 0 Å². The molecule has 0 fully saturated rings. The number of hydrogen-bond acceptors (Lipinski definition) is 2. The van der Waals surface area contributed by atoms with E-state index in [2.05, 4.69) is 190 Å². The lowest BCUT2D eigenvalue weighted by atomic mass is 9.86. The fourth-order valence-corrected chi connectivity index (χ4v) is 7.64. The number of benzene rings is 6. The van der Waals surface area contributed by atoms with Crippen LogP contribution in [0.5, 0.6) is 0 Å². The van der Waals surface area contributed by atoms with Gasteiger partial charge in [0.2, 0.25) is 0 Å². The van der Waals surface area contributed by atoms with Crippen LogP contribution in [0.4, 0.5) is 0 Å². The highest BCUT2D eigenvalue weighted by Crippen LogP contribution is 2.47. The van der Waals surface area contributed by atoms with Crippen molar-refractivity contribution in [3.8, 4) is 78.3 Å². The van der Waals surface area contributed by atoms with Crippen LogP contribution in [0.1, 0.15) is 0 Å². The number of rotatable bonds is 7. The second kappa shape index (κ2) is 14.2. The number of pyridine rings is 2. The van der Waals surface area contributed by atoms with Crippen molar-refractivity contribution < 1.29 is 0 Å². The van der Waals surface area contributed by atoms with Gasteiger partial charge in [-0.15, -0.1) is 0 Å². The van der Waals surface area contributed by atoms with E-state index in [1.165, 1.54) is 0 Å². The van der Waals surface area contributed by atoms with E-state index in [1.54, 1.807) is 0 Å². The fourth-order valence-electron chi connectivity index (χ4n) is 6.49. The molecule has 0 amide bonds. The van der Waals surface area contributed by atoms with Gasteiger partial charge < -0.3 is 0 Å². The summed E-state index contributed by atoms with van der Waals surface area (Å²) in [5.41, 5.74) is 14.6. The third-order valence-electron chi connectivity index (χ3n) is 8.92. The average molecular weight is 771 g/mol. The van der Waals surface area contributed by atoms with Crippen LogP contribution in [0, 0.1) is 0 Å². The van der Waals surface area contributed by atoms with Crippen molar-refractivity contribution in [3.63, 3.8) is 0 Å². The van der Waals surface area contributed by atoms with E-state index in [1.807, 2.05) is 24.4 Å². The third-order valence-corrected chi connectivity index (χ3v) is 10.2. The molecular formula is C46H30Br2N2. The summed E-state index contributed by atoms with van der Waals surface area (Å²) in [7, 11) is 0. The molecule has 0 saturated carbocycles. The van der Waals surface area contributed by atoms with Gasteiger partial charge in [-0.3, -0.25) is 4.98 Å². The third kappa shape index (κ3) is 6.36. The Kier molecular flexibility index (Phi) is 9.04. The van der Waals surface area contributed by atoms with Crippen LogP contribution in [0.25, 0.3) is 78.3 Å². The van der Waals surface area contributed by atoms with Gasteiger partial charge in [-0.05, 0) is 98.6 Å². The van der Waals surface area contributed by atoms with Gasteiger partial charge >= 0.3 is 0 Å². The predicted octanol–water partition coefficient (Wildman–Crippen LogP) is 13.7. The van der Waals surface area contributed by atoms with Crippen LogP contribution >= 0.6 is 31.9 Å². The zero-order chi connectivity index (χ0) is 33.9. The first-order valence-electron chi connectivity index (χ1n) is 16.5. The van der Waals surface area contributed by atoms with Crippen molar-refractivity contribution >= 4 is 31.9 Å². The summed E-state index contributed by atoms with van der Waals surface area (Å²) < 4.78 is 2.06. The molecule has 8 aromatic rings. The Bertz CT molecular complexity index is 2410. The van der Waals surface area contributed by atoms with Gasteiger partial charge in [0.15, 0.2) is 0 Å². The molecule has 0 bridgehead atoms. The van der Waals surface area contributed by atoms with Crippen LogP contribution in [0.3, 0.4) is 0 Å². The average Bonchev–Trinajstić information content (AvgIpc) is 3.19. The minimum atomic E-state index is 0.814. The Morgan fingerprint density at radius 1 is 0.320 bits per heavy atom. The molecule has 238 valence electrons. The van der Waals surface area contributed by atoms with Crippen molar-refractivity contribution in [2.24, 2.45) is 0 Å². The van der Waals surface area contributed by atoms with Gasteiger partial charge in [0.1, 0.15) is 0 Å². The second-order valence-corrected chi connectivity index (χ2v) is 13.7. The summed E-state index contributed by atoms with van der Waals surface area (Å²) in [4.78, 5) is 10.2. The lowest BCUT2D eigenvalue weighted by Gasteiger charge is -2.21. The zero-order valence-corrected chi connectivity index (χ0v) is 30.1. The Labute approximate surface area is 309 Å². The minimum absolute atomic E-state index is 0.814. The maximum absolute atomic E-state index is 5.51. The van der Waals surface area contributed by atoms with Gasteiger partial charge in [-0.1, -0.05) is 159 Å². The van der Waals surface area contributed by atoms with Crippen molar-refractivity contribution in [3.05, 3.63) is 191 Å². The highest BCUT2D eigenvalue weighted by Gasteiger charge is 2.22. The first-order chi connectivity index (χ1) is 24.6. The van der Waals surface area contributed by atoms with E-state index in [9.17, 15) is 0 Å². The molecule has 0 aliphatic rings. The molecule has 0 saturated heterocycles. The molecule has 0 spiro atoms. The smallest absolute Gasteiger partial charge is 0.0894 e. The highest BCUT2D eigenvalue weighted by molar-refractivity contribution is 9.11. The zero-order valence-electron chi connectivity index (χ0n) is 27.0. The molecule has 0 unspecified atom stereocenters. The fraction of sp³-hybridized carbons (Fsp3) is 0. The van der Waals surface area contributed by atoms with Crippen molar-refractivity contribution in [2.45, 2.75) is 0 Å². The molecule has 4 heteroatoms. The topological polar surface area (TPSA) is 25.8 Å². The van der Waals surface area contributed by atoms with Crippen molar-refractivity contribution in [1.82, 2.24) is 9.97 Å². The number of halogens is 2. The SMILES string of the molecule is Brc1cc(-c2ccccc2)c(-c2ccc(-c3ccccn3)nc2-c2cc(-c3ccccc3)c(Br)cc2-c2ccccc2)cc1-c1ccccc1. The molecule has 2 aromatic heterocycles. The summed E-state index contributed by atoms with van der Waals surface area (Å²) in [6.07, 6.45) is 1.82. The molecule has 50 heavy (non-hydrogen) atoms. The minimum Gasteiger partial charge on any atom is -0.255 e. The lowest BCUT2D eigenvalue weighted by molar-refractivity contribution is 1.25. The van der Waals surface area contributed by atoms with E-state index >= 15 is 0 Å². The van der Waals surface area contributed by atoms with Gasteiger partial charge in [0, 0.05) is 26.3 Å². The highest BCUT2D eigenvalue weighted by atomic mass is 79.9. The molecule has 2 heterocycles. The molecule has 0 atom stereocenters. The van der Waals surface area contributed by atoms with Crippen LogP contribution in [-0.4, -0.2) is 9.97 Å². The maximum Gasteiger partial charge on any atom is 0.0894 e. The molecule has 0 aliphatic carbocycles. The van der Waals surface area contributed by atoms with E-state index in [0.29, 0.717) is 0 Å². The normalized spacial score (nSPS) is 11.0. The Morgan fingerprint density at radius 3 is 1.24 bits per heavy atom. The summed E-state index contributed by atoms with van der Waals surface area (Å²) in [6, 6.07) is 61.6. The molecule has 2 nitrogen and oxygen atoms in total. The first-order valence-corrected chi connectivity index (χ1v) is 18.0. The molecule has 0 radical (unpaired) electrons. The standard InChI is InChI=1S/C46H30Br2N2/c47-42-29-36(31-15-5-1-6-16-31)40(27-38(42)33-19-9-3-10-20-33)35-24-25-45(44-23-13-14-26-49-44)50-46(35)41-28-39(34-21-11-4-12-22-34)43(48)30-37(41)32-17-7-2-8-18-32/h1-30H. The summed E-state index contributed by atoms with van der Waals surface area (Å²) in [5, 5.41) is 0. The van der Waals surface area contributed by atoms with Crippen LogP contribution in [0.15, 0.2) is 191 Å². The Morgan fingerprint density at radius 2 is 0.760 bits per heavy atom. The largest absolute Gasteiger partial charge is 0.255 e. The first kappa shape index (κ1) is 31.8. The van der Waals surface area contributed by atoms with Crippen molar-refractivity contribution in [2.75, 3.05) is 0 Å². The van der Waals surface area contributed by atoms with Gasteiger partial charge in [0.25, 0.3) is 0 Å². The number of hydrogen-bond donors (Lipinski definition) is 0. The number of aromatic nitrogens is 2. The summed E-state index contributed by atoms with van der Waals surface area (Å²) in [6.45, 7) is 0. The second-order valence-electron chi connectivity index (χ2n) is 12.0. The van der Waals surface area contributed by atoms with Gasteiger partial charge in [0.05, 0.1) is 17.1 Å². The predicted molar refractivity (Wildman–Crippen MR) is 215 cm³/mol. The molecule has 0 aliphatic heterocycles. The van der Waals surface area contributed by atoms with Crippen LogP contribution in [0.2, 0.25) is 0 Å². The Hall–Kier alpha value is -5.42. The van der Waals surface area contributed by atoms with Crippen LogP contribution < -0.4 is 0 Å². The van der Waals surface area contributed by atoms with Gasteiger partial charge in [-0.25, -0.2) is 4.98 Å². The van der Waals surface area contributed by atoms with E-state index < -0.39 is 0 Å². The maximum atomic E-state index is 5.51. The van der Waals surface area contributed by atoms with E-state index in [4.69, 9.17) is 9.97 Å². The molecule has 0 N–H and O–H groups in total. The Balaban J connectivity index is 1.48. The molecule has 8 rings (SSSR count). The quantitative estimate of drug-likeness (QED) is 0.161. The number of nitrogens with zero attached hydrogens (tertiary/aromatic N) is 2. The lowest BCUT2D eigenvalue weighted by Crippen LogP contribution is -1.98. The molecule has 6 aromatic carbocycles. The van der Waals surface area contributed by atoms with E-state index in [0.717, 1.165) is 87.2 Å². The molecular weight excluding hydrogens is 740 g/mol. The summed E-state index contributed by atoms with van der Waals surface area (Å²) >= 11 is 7.90. The summed E-state index contributed by atoms with van der Waals surface area (Å²) in [5.74, 6) is 0. The van der Waals surface area contributed by atoms with Crippen molar-refractivity contribution in [1.29, 1.82) is 0 Å². The van der Waals surface area contributed by atoms with E-state index in [-0.39, 0.29) is 0 Å².